The first-order valence-corrected chi connectivity index (χ1v) is 14.2. The topological polar surface area (TPSA) is 0 Å². The number of hydrogen-bond acceptors (Lipinski definition) is 0. The maximum Gasteiger partial charge on any atom is 2.00 e. The predicted molar refractivity (Wildman–Crippen MR) is 175 cm³/mol. The van der Waals surface area contributed by atoms with Crippen LogP contribution in [-0.2, 0) is 65.2 Å². The van der Waals surface area contributed by atoms with E-state index in [-0.39, 0.29) is 116 Å². The van der Waals surface area contributed by atoms with Crippen molar-refractivity contribution in [1.29, 1.82) is 0 Å². The van der Waals surface area contributed by atoms with Gasteiger partial charge >= 0.3 is 65.2 Å². The molecule has 0 saturated heterocycles. The number of fused-ring (bicyclic) bond motifs is 3. The summed E-state index contributed by atoms with van der Waals surface area (Å²) in [4.78, 5) is 0. The third-order valence-electron chi connectivity index (χ3n) is 9.93. The van der Waals surface area contributed by atoms with Crippen LogP contribution in [0.1, 0.15) is 66.8 Å². The molecule has 0 atom stereocenters. The van der Waals surface area contributed by atoms with Crippen molar-refractivity contribution < 1.29 is 116 Å². The zero-order valence-corrected chi connectivity index (χ0v) is 38.3. The van der Waals surface area contributed by atoms with Gasteiger partial charge in [-0.2, -0.15) is 36.4 Å². The molecule has 0 heterocycles. The van der Waals surface area contributed by atoms with Crippen LogP contribution in [0.4, 0.5) is 0 Å². The van der Waals surface area contributed by atoms with E-state index in [1.165, 1.54) is 99.1 Å². The van der Waals surface area contributed by atoms with Gasteiger partial charge in [-0.05, 0) is 62.3 Å². The van der Waals surface area contributed by atoms with Gasteiger partial charge in [-0.3, -0.25) is 0 Å². The van der Waals surface area contributed by atoms with Gasteiger partial charge in [0.2, 0.25) is 0 Å². The van der Waals surface area contributed by atoms with Gasteiger partial charge in [0, 0.05) is 0 Å². The normalized spacial score (nSPS) is 9.60. The molecular weight excluding hydrogens is 852 g/mol. The fourth-order valence-electron chi connectivity index (χ4n) is 6.12. The number of benzene rings is 3. The largest absolute Gasteiger partial charge is 2.00 e. The first kappa shape index (κ1) is 49.5. The molecule has 6 aromatic rings. The van der Waals surface area contributed by atoms with Crippen molar-refractivity contribution in [1.82, 2.24) is 0 Å². The maximum atomic E-state index is 2.21. The molecule has 0 radical (unpaired) electrons. The van der Waals surface area contributed by atoms with Crippen LogP contribution in [0.2, 0.25) is 0 Å². The van der Waals surface area contributed by atoms with Gasteiger partial charge in [-0.15, -0.1) is 67.2 Å². The van der Waals surface area contributed by atoms with Gasteiger partial charge < -0.3 is 50.9 Å². The maximum absolute atomic E-state index is 2.21. The van der Waals surface area contributed by atoms with Crippen LogP contribution in [0.15, 0.2) is 54.6 Å². The molecule has 0 fully saturated rings. The first-order valence-electron chi connectivity index (χ1n) is 14.2. The summed E-state index contributed by atoms with van der Waals surface area (Å²) in [5.74, 6) is 0. The Kier molecular flexibility index (Phi) is 22.6. The van der Waals surface area contributed by atoms with Crippen LogP contribution in [0.25, 0.3) is 32.3 Å². The summed E-state index contributed by atoms with van der Waals surface area (Å²) in [6, 6.07) is 19.7. The minimum atomic E-state index is 0. The molecule has 6 aromatic carbocycles. The summed E-state index contributed by atoms with van der Waals surface area (Å²) in [5.41, 5.74) is 17.2. The third kappa shape index (κ3) is 9.62. The summed E-state index contributed by atoms with van der Waals surface area (Å²) in [6.45, 7) is 26.5. The summed E-state index contributed by atoms with van der Waals surface area (Å²) < 4.78 is 0. The van der Waals surface area contributed by atoms with E-state index in [4.69, 9.17) is 0 Å². The van der Waals surface area contributed by atoms with Gasteiger partial charge in [0.15, 0.2) is 0 Å². The molecule has 0 nitrogen and oxygen atoms in total. The van der Waals surface area contributed by atoms with E-state index in [0.717, 1.165) is 0 Å². The Morgan fingerprint density at radius 3 is 0.667 bits per heavy atom. The number of halogens is 3. The molecule has 6 rings (SSSR count). The second-order valence-electron chi connectivity index (χ2n) is 11.6. The zero-order valence-electron chi connectivity index (χ0n) is 28.8. The SMILES string of the molecule is Cc1c(C)c(C)c2[cH-]ccc2c1C.Cc1c(C)c(C)c2[cH-]ccc2c1C.Cc1c(C)c(C)c2[cH-]ccc2c1C.[Br-].[Br-].[Br-].[Ti+2].[Ti+2].[Ti+2]. The molecule has 0 saturated carbocycles. The minimum absolute atomic E-state index is 0. The van der Waals surface area contributed by atoms with E-state index in [1.54, 1.807) is 0 Å². The molecule has 0 aliphatic heterocycles. The smallest absolute Gasteiger partial charge is 1.00 e. The molecule has 45 heavy (non-hydrogen) atoms. The summed E-state index contributed by atoms with van der Waals surface area (Å²) in [7, 11) is 0. The Hall–Kier alpha value is 0.0729. The van der Waals surface area contributed by atoms with Gasteiger partial charge in [0.05, 0.1) is 0 Å². The Labute approximate surface area is 349 Å². The standard InChI is InChI=1S/3C13H15.3BrH.3Ti/c3*1-8-9(2)11(4)13-7-5-6-12(13)10(8)3;;;;;;/h3*5-7H,1-4H3;3*1H;;;/q3*-1;;;;3*+2/p-3. The molecule has 0 aliphatic carbocycles. The summed E-state index contributed by atoms with van der Waals surface area (Å²) in [6.07, 6.45) is 0. The summed E-state index contributed by atoms with van der Waals surface area (Å²) in [5, 5.41) is 8.50. The predicted octanol–water partition coefficient (Wildman–Crippen LogP) is 2.38. The van der Waals surface area contributed by atoms with Crippen LogP contribution in [0.5, 0.6) is 0 Å². The van der Waals surface area contributed by atoms with Gasteiger partial charge in [-0.1, -0.05) is 70.8 Å². The van der Waals surface area contributed by atoms with Crippen LogP contribution >= 0.6 is 0 Å². The van der Waals surface area contributed by atoms with Crippen molar-refractivity contribution in [2.45, 2.75) is 83.1 Å². The quantitative estimate of drug-likeness (QED) is 0.163. The van der Waals surface area contributed by atoms with Crippen molar-refractivity contribution in [2.24, 2.45) is 0 Å². The molecule has 6 heteroatoms. The van der Waals surface area contributed by atoms with Crippen molar-refractivity contribution in [3.05, 3.63) is 121 Å². The monoisotopic (exact) mass is 894 g/mol. The van der Waals surface area contributed by atoms with Crippen LogP contribution < -0.4 is 50.9 Å². The molecule has 0 N–H and O–H groups in total. The van der Waals surface area contributed by atoms with Gasteiger partial charge in [0.25, 0.3) is 0 Å². The van der Waals surface area contributed by atoms with Crippen molar-refractivity contribution in [3.63, 3.8) is 0 Å². The van der Waals surface area contributed by atoms with E-state index < -0.39 is 0 Å². The van der Waals surface area contributed by atoms with E-state index in [2.05, 4.69) is 138 Å². The molecule has 0 aliphatic rings. The van der Waals surface area contributed by atoms with E-state index in [9.17, 15) is 0 Å². The molecule has 0 bridgehead atoms. The van der Waals surface area contributed by atoms with Crippen LogP contribution in [-0.4, -0.2) is 0 Å². The van der Waals surface area contributed by atoms with E-state index in [1.807, 2.05) is 0 Å². The molecular formula is C39H45Br3Ti3. The number of hydrogen-bond donors (Lipinski definition) is 0. The van der Waals surface area contributed by atoms with Crippen LogP contribution in [0, 0.1) is 83.1 Å². The Bertz CT molecular complexity index is 1490. The third-order valence-corrected chi connectivity index (χ3v) is 9.93. The van der Waals surface area contributed by atoms with Gasteiger partial charge in [0.1, 0.15) is 0 Å². The number of aryl methyl sites for hydroxylation is 6. The van der Waals surface area contributed by atoms with E-state index >= 15 is 0 Å². The first-order chi connectivity index (χ1) is 18.4. The van der Waals surface area contributed by atoms with Crippen molar-refractivity contribution in [3.8, 4) is 0 Å². The molecule has 0 spiro atoms. The second kappa shape index (κ2) is 20.6. The Balaban J connectivity index is -0.000000551. The van der Waals surface area contributed by atoms with Crippen molar-refractivity contribution >= 4 is 32.3 Å². The summed E-state index contributed by atoms with van der Waals surface area (Å²) >= 11 is 0. The number of rotatable bonds is 0. The van der Waals surface area contributed by atoms with Crippen molar-refractivity contribution in [2.75, 3.05) is 0 Å². The average Bonchev–Trinajstić information content (AvgIpc) is 3.71. The molecule has 0 amide bonds. The second-order valence-corrected chi connectivity index (χ2v) is 11.6. The van der Waals surface area contributed by atoms with Gasteiger partial charge in [-0.25, -0.2) is 0 Å². The average molecular weight is 897 g/mol. The Morgan fingerprint density at radius 1 is 0.289 bits per heavy atom. The fourth-order valence-corrected chi connectivity index (χ4v) is 6.12. The zero-order chi connectivity index (χ0) is 28.8. The molecule has 0 unspecified atom stereocenters. The van der Waals surface area contributed by atoms with Crippen LogP contribution in [0.3, 0.4) is 0 Å². The minimum Gasteiger partial charge on any atom is -1.00 e. The van der Waals surface area contributed by atoms with E-state index in [0.29, 0.717) is 0 Å². The Morgan fingerprint density at radius 2 is 0.467 bits per heavy atom. The fraction of sp³-hybridized carbons (Fsp3) is 0.308. The molecule has 0 aromatic heterocycles. The molecule has 234 valence electrons.